The summed E-state index contributed by atoms with van der Waals surface area (Å²) in [6.07, 6.45) is 10.1. The van der Waals surface area contributed by atoms with Gasteiger partial charge in [0.2, 0.25) is 0 Å². The number of aryl methyl sites for hydroxylation is 2. The van der Waals surface area contributed by atoms with E-state index in [1.807, 2.05) is 6.07 Å². The Morgan fingerprint density at radius 3 is 1.17 bits per heavy atom. The molecule has 0 bridgehead atoms. The number of halogens is 4. The Bertz CT molecular complexity index is 3670. The Morgan fingerprint density at radius 1 is 0.411 bits per heavy atom. The molecule has 4 nitrogen and oxygen atoms in total. The van der Waals surface area contributed by atoms with Crippen LogP contribution in [0.5, 0.6) is 0 Å². The molecule has 2 fully saturated rings. The zero-order valence-electron chi connectivity index (χ0n) is 57.3. The Balaban J connectivity index is 0.000000172. The summed E-state index contributed by atoms with van der Waals surface area (Å²) in [5.41, 5.74) is 23.0. The van der Waals surface area contributed by atoms with Gasteiger partial charge < -0.3 is 20.0 Å². The fourth-order valence-corrected chi connectivity index (χ4v) is 15.3. The number of anilines is 9. The van der Waals surface area contributed by atoms with E-state index in [1.165, 1.54) is 136 Å². The average molecular weight is 1560 g/mol. The maximum absolute atomic E-state index is 6.38. The molecule has 8 heteroatoms. The van der Waals surface area contributed by atoms with Gasteiger partial charge in [0.05, 0.1) is 11.1 Å². The van der Waals surface area contributed by atoms with E-state index in [1.54, 1.807) is 0 Å². The van der Waals surface area contributed by atoms with Gasteiger partial charge in [-0.05, 0) is 217 Å². The molecule has 0 aromatic heterocycles. The standard InChI is InChI=1S/C41H50N2.C21H24ClN.C20H27N.I3/c1-29-24-34(28-35(25-29)43-37-21-11-10-20-36(37)40(8)22-12-13-23-41(40,43)9)42(32-18-14-16-30(26-32)38(2,3)4)33-19-15-17-31(27-33)39(5,6)7;1-15-12-16(22)14-17(13-15)23-19-9-5-4-8-18(19)20(2)10-6-7-11-21(20,23)3;1-19(2,3)15-9-7-11-17(13-15)21-18-12-8-10-16(14-18)20(4,5)6;1-3-2/h10-11,14-21,24-28H,12-13,22-23H2,1-9H3;4-5,8-9,12-14H,6-7,10-11H2,1-3H3;7-14,21H,1-6H3;/q;;;-1. The second-order valence-electron chi connectivity index (χ2n) is 31.1. The van der Waals surface area contributed by atoms with Crippen LogP contribution in [0.2, 0.25) is 5.02 Å². The van der Waals surface area contributed by atoms with Gasteiger partial charge in [-0.2, -0.15) is 0 Å². The molecule has 4 aliphatic rings. The van der Waals surface area contributed by atoms with Crippen molar-refractivity contribution in [2.75, 3.05) is 20.0 Å². The van der Waals surface area contributed by atoms with Gasteiger partial charge in [0, 0.05) is 67.0 Å². The number of rotatable bonds is 7. The van der Waals surface area contributed by atoms with Gasteiger partial charge in [0.15, 0.2) is 0 Å². The molecule has 2 heterocycles. The summed E-state index contributed by atoms with van der Waals surface area (Å²) in [6, 6.07) is 67.4. The van der Waals surface area contributed by atoms with E-state index < -0.39 is 0 Å². The Kier molecular flexibility index (Phi) is 21.3. The van der Waals surface area contributed by atoms with Gasteiger partial charge in [-0.15, -0.1) is 0 Å². The molecule has 2 aliphatic carbocycles. The second kappa shape index (κ2) is 27.4. The van der Waals surface area contributed by atoms with E-state index in [0.717, 1.165) is 16.4 Å². The molecule has 0 saturated heterocycles. The van der Waals surface area contributed by atoms with Crippen LogP contribution < -0.4 is 33.3 Å². The van der Waals surface area contributed by atoms with Gasteiger partial charge in [-0.3, -0.25) is 0 Å². The predicted octanol–water partition coefficient (Wildman–Crippen LogP) is 23.0. The third kappa shape index (κ3) is 14.5. The van der Waals surface area contributed by atoms with Crippen LogP contribution in [0.4, 0.5) is 51.2 Å². The number of benzene rings is 8. The van der Waals surface area contributed by atoms with E-state index in [2.05, 4.69) is 358 Å². The van der Waals surface area contributed by atoms with Gasteiger partial charge in [-0.1, -0.05) is 219 Å². The van der Waals surface area contributed by atoms with Crippen molar-refractivity contribution >= 4 is 100 Å². The molecule has 2 aliphatic heterocycles. The third-order valence-corrected chi connectivity index (χ3v) is 20.8. The number of para-hydroxylation sites is 2. The van der Waals surface area contributed by atoms with Gasteiger partial charge in [-0.25, -0.2) is 0 Å². The van der Waals surface area contributed by atoms with E-state index >= 15 is 0 Å². The van der Waals surface area contributed by atoms with Crippen LogP contribution >= 0.6 is 48.8 Å². The molecule has 4 atom stereocenters. The Hall–Kier alpha value is -4.56. The minimum absolute atomic E-state index is 0.0309. The molecule has 0 amide bonds. The van der Waals surface area contributed by atoms with Crippen LogP contribution in [-0.2, 0) is 32.5 Å². The SMILES string of the molecule is CC(C)(C)c1cccc(Nc2cccc(C(C)(C)C)c2)c1.Cc1cc(Cl)cc(N2c3ccccc3C3(C)CCCCC23C)c1.Cc1cc(N(c2cccc(C(C)(C)C)c2)c2cccc(C(C)(C)C)c2)cc(N2c3ccccc3C3(C)CCCCC23C)c1.I[I-]I. The summed E-state index contributed by atoms with van der Waals surface area (Å²) >= 11 is 11.7. The Morgan fingerprint density at radius 2 is 0.767 bits per heavy atom. The molecule has 1 N–H and O–H groups in total. The summed E-state index contributed by atoms with van der Waals surface area (Å²) in [6.45, 7) is 41.6. The van der Waals surface area contributed by atoms with Crippen molar-refractivity contribution in [1.82, 2.24) is 0 Å². The number of hydrogen-bond donors (Lipinski definition) is 1. The van der Waals surface area contributed by atoms with E-state index in [0.29, 0.717) is 13.3 Å². The normalized spacial score (nSPS) is 21.0. The molecule has 478 valence electrons. The topological polar surface area (TPSA) is 21.8 Å². The fraction of sp³-hybridized carbons (Fsp3) is 0.415. The molecule has 4 unspecified atom stereocenters. The molecule has 12 rings (SSSR count). The summed E-state index contributed by atoms with van der Waals surface area (Å²) < 4.78 is 0. The van der Waals surface area contributed by atoms with E-state index in [4.69, 9.17) is 11.6 Å². The van der Waals surface area contributed by atoms with Crippen LogP contribution in [0.15, 0.2) is 182 Å². The molecule has 8 aromatic carbocycles. The number of nitrogens with zero attached hydrogens (tertiary/aromatic N) is 3. The average Bonchev–Trinajstić information content (AvgIpc) is 1.59. The molecular formula is C82H101ClI3N4-. The summed E-state index contributed by atoms with van der Waals surface area (Å²) in [7, 11) is 0. The first-order valence-corrected chi connectivity index (χ1v) is 45.8. The van der Waals surface area contributed by atoms with Crippen molar-refractivity contribution in [3.63, 3.8) is 0 Å². The third-order valence-electron chi connectivity index (χ3n) is 20.6. The quantitative estimate of drug-likeness (QED) is 0.161. The van der Waals surface area contributed by atoms with Crippen molar-refractivity contribution < 1.29 is 13.3 Å². The van der Waals surface area contributed by atoms with Crippen LogP contribution in [0.1, 0.15) is 207 Å². The molecule has 8 aromatic rings. The van der Waals surface area contributed by atoms with E-state index in [9.17, 15) is 0 Å². The van der Waals surface area contributed by atoms with E-state index in [-0.39, 0.29) is 43.6 Å². The zero-order valence-corrected chi connectivity index (χ0v) is 64.6. The fourth-order valence-electron chi connectivity index (χ4n) is 15.0. The monoisotopic (exact) mass is 1560 g/mol. The second-order valence-corrected chi connectivity index (χ2v) is 47.8. The van der Waals surface area contributed by atoms with Crippen molar-refractivity contribution in [1.29, 1.82) is 0 Å². The van der Waals surface area contributed by atoms with Crippen LogP contribution in [0, 0.1) is 13.8 Å². The van der Waals surface area contributed by atoms with Crippen molar-refractivity contribution in [3.8, 4) is 0 Å². The molecule has 2 saturated carbocycles. The van der Waals surface area contributed by atoms with Gasteiger partial charge in [0.1, 0.15) is 0 Å². The van der Waals surface area contributed by atoms with Gasteiger partial charge in [0.25, 0.3) is 0 Å². The van der Waals surface area contributed by atoms with Crippen molar-refractivity contribution in [3.05, 3.63) is 232 Å². The summed E-state index contributed by atoms with van der Waals surface area (Å²) in [4.78, 5) is 7.75. The molecule has 0 spiro atoms. The molecule has 90 heavy (non-hydrogen) atoms. The minimum atomic E-state index is 0.0309. The number of nitrogens with one attached hydrogen (secondary N) is 1. The summed E-state index contributed by atoms with van der Waals surface area (Å²) in [5, 5.41) is 4.35. The molecular weight excluding hydrogens is 1460 g/mol. The number of hydrogen-bond acceptors (Lipinski definition) is 4. The first-order chi connectivity index (χ1) is 42.3. The predicted molar refractivity (Wildman–Crippen MR) is 407 cm³/mol. The maximum atomic E-state index is 6.38. The van der Waals surface area contributed by atoms with Gasteiger partial charge >= 0.3 is 50.5 Å². The first-order valence-electron chi connectivity index (χ1n) is 32.8. The summed E-state index contributed by atoms with van der Waals surface area (Å²) in [5.74, 6) is 0. The van der Waals surface area contributed by atoms with Crippen molar-refractivity contribution in [2.24, 2.45) is 0 Å². The first kappa shape index (κ1) is 69.8. The van der Waals surface area contributed by atoms with Crippen molar-refractivity contribution in [2.45, 2.75) is 220 Å². The Labute approximate surface area is 578 Å². The number of fused-ring (bicyclic) bond motifs is 6. The zero-order chi connectivity index (χ0) is 65.4. The molecule has 0 radical (unpaired) electrons. The van der Waals surface area contributed by atoms with Crippen LogP contribution in [-0.4, -0.2) is 11.1 Å². The van der Waals surface area contributed by atoms with Crippen LogP contribution in [0.25, 0.3) is 0 Å². The van der Waals surface area contributed by atoms with Crippen LogP contribution in [0.3, 0.4) is 0 Å².